The molecule has 0 spiro atoms. The molecule has 1 aromatic carbocycles. The summed E-state index contributed by atoms with van der Waals surface area (Å²) in [5.74, 6) is 0.614. The number of rotatable bonds is 4. The molecule has 2 aromatic rings. The van der Waals surface area contributed by atoms with E-state index in [0.717, 1.165) is 31.4 Å². The van der Waals surface area contributed by atoms with Crippen LogP contribution in [0.15, 0.2) is 24.3 Å². The summed E-state index contributed by atoms with van der Waals surface area (Å²) < 4.78 is 1.69. The van der Waals surface area contributed by atoms with Crippen LogP contribution in [0, 0.1) is 12.3 Å². The standard InChI is InChI=1S/C16H23N5O/c1-12-6-8-13(9-7-12)21-15(18-19-20-21)17-11-16(2)10-4-3-5-14(16)22/h6-9,14,22H,3-5,10-11H2,1-2H3,(H,17,18,20). The van der Waals surface area contributed by atoms with Gasteiger partial charge < -0.3 is 10.4 Å². The van der Waals surface area contributed by atoms with Gasteiger partial charge in [-0.15, -0.1) is 0 Å². The van der Waals surface area contributed by atoms with Crippen LogP contribution in [0.4, 0.5) is 5.95 Å². The fourth-order valence-electron chi connectivity index (χ4n) is 3.03. The van der Waals surface area contributed by atoms with Crippen molar-refractivity contribution in [1.29, 1.82) is 0 Å². The smallest absolute Gasteiger partial charge is 0.247 e. The number of aliphatic hydroxyl groups excluding tert-OH is 1. The lowest BCUT2D eigenvalue weighted by molar-refractivity contribution is 0.00951. The van der Waals surface area contributed by atoms with E-state index in [9.17, 15) is 5.11 Å². The number of tetrazole rings is 1. The van der Waals surface area contributed by atoms with E-state index in [1.165, 1.54) is 5.56 Å². The lowest BCUT2D eigenvalue weighted by Gasteiger charge is -2.38. The van der Waals surface area contributed by atoms with Gasteiger partial charge in [0.2, 0.25) is 5.95 Å². The highest BCUT2D eigenvalue weighted by Crippen LogP contribution is 2.36. The van der Waals surface area contributed by atoms with Crippen LogP contribution in [0.3, 0.4) is 0 Å². The van der Waals surface area contributed by atoms with Gasteiger partial charge in [0.25, 0.3) is 0 Å². The topological polar surface area (TPSA) is 75.9 Å². The van der Waals surface area contributed by atoms with Crippen molar-refractivity contribution in [3.8, 4) is 5.69 Å². The molecule has 6 nitrogen and oxygen atoms in total. The van der Waals surface area contributed by atoms with Crippen molar-refractivity contribution in [1.82, 2.24) is 20.2 Å². The number of aryl methyl sites for hydroxylation is 1. The van der Waals surface area contributed by atoms with Crippen molar-refractivity contribution in [3.63, 3.8) is 0 Å². The van der Waals surface area contributed by atoms with Crippen molar-refractivity contribution in [2.24, 2.45) is 5.41 Å². The summed E-state index contributed by atoms with van der Waals surface area (Å²) in [7, 11) is 0. The number of benzene rings is 1. The molecule has 0 bridgehead atoms. The molecule has 2 unspecified atom stereocenters. The summed E-state index contributed by atoms with van der Waals surface area (Å²) in [6.07, 6.45) is 3.90. The third-order valence-corrected chi connectivity index (χ3v) is 4.68. The molecule has 2 N–H and O–H groups in total. The molecule has 118 valence electrons. The van der Waals surface area contributed by atoms with Crippen LogP contribution in [0.5, 0.6) is 0 Å². The second-order valence-electron chi connectivity index (χ2n) is 6.52. The highest BCUT2D eigenvalue weighted by molar-refractivity contribution is 5.40. The Bertz CT molecular complexity index is 624. The largest absolute Gasteiger partial charge is 0.392 e. The molecule has 1 aromatic heterocycles. The minimum atomic E-state index is -0.266. The predicted molar refractivity (Wildman–Crippen MR) is 85.0 cm³/mol. The number of hydrogen-bond donors (Lipinski definition) is 2. The van der Waals surface area contributed by atoms with E-state index in [4.69, 9.17) is 0 Å². The third-order valence-electron chi connectivity index (χ3n) is 4.68. The molecule has 1 fully saturated rings. The van der Waals surface area contributed by atoms with E-state index >= 15 is 0 Å². The van der Waals surface area contributed by atoms with Gasteiger partial charge in [0, 0.05) is 12.0 Å². The third kappa shape index (κ3) is 2.97. The van der Waals surface area contributed by atoms with Gasteiger partial charge in [-0.1, -0.05) is 42.6 Å². The molecule has 6 heteroatoms. The molecule has 0 radical (unpaired) electrons. The number of anilines is 1. The second kappa shape index (κ2) is 6.04. The summed E-state index contributed by atoms with van der Waals surface area (Å²) in [6, 6.07) is 8.06. The zero-order chi connectivity index (χ0) is 15.6. The van der Waals surface area contributed by atoms with E-state index in [0.29, 0.717) is 12.5 Å². The Hall–Kier alpha value is -1.95. The minimum Gasteiger partial charge on any atom is -0.392 e. The van der Waals surface area contributed by atoms with Gasteiger partial charge in [-0.25, -0.2) is 0 Å². The highest BCUT2D eigenvalue weighted by Gasteiger charge is 2.35. The molecule has 1 heterocycles. The minimum absolute atomic E-state index is 0.123. The Morgan fingerprint density at radius 2 is 2.09 bits per heavy atom. The second-order valence-corrected chi connectivity index (χ2v) is 6.52. The van der Waals surface area contributed by atoms with Crippen LogP contribution in [-0.4, -0.2) is 38.0 Å². The first-order valence-electron chi connectivity index (χ1n) is 7.86. The maximum absolute atomic E-state index is 10.3. The van der Waals surface area contributed by atoms with Crippen LogP contribution >= 0.6 is 0 Å². The van der Waals surface area contributed by atoms with Crippen LogP contribution < -0.4 is 5.32 Å². The average molecular weight is 301 g/mol. The number of hydrogen-bond acceptors (Lipinski definition) is 5. The van der Waals surface area contributed by atoms with Gasteiger partial charge in [0.1, 0.15) is 0 Å². The normalized spacial score (nSPS) is 25.1. The first-order chi connectivity index (χ1) is 10.6. The Morgan fingerprint density at radius 3 is 2.82 bits per heavy atom. The molecular formula is C16H23N5O. The van der Waals surface area contributed by atoms with E-state index in [-0.39, 0.29) is 11.5 Å². The molecule has 3 rings (SSSR count). The van der Waals surface area contributed by atoms with E-state index < -0.39 is 0 Å². The summed E-state index contributed by atoms with van der Waals surface area (Å²) in [6.45, 7) is 4.85. The number of nitrogens with one attached hydrogen (secondary N) is 1. The molecule has 0 amide bonds. The first-order valence-corrected chi connectivity index (χ1v) is 7.86. The maximum Gasteiger partial charge on any atom is 0.247 e. The number of aromatic nitrogens is 4. The lowest BCUT2D eigenvalue weighted by atomic mass is 9.73. The molecule has 1 saturated carbocycles. The fourth-order valence-corrected chi connectivity index (χ4v) is 3.03. The first kappa shape index (κ1) is 15.0. The lowest BCUT2D eigenvalue weighted by Crippen LogP contribution is -2.41. The molecule has 2 atom stereocenters. The molecule has 0 saturated heterocycles. The van der Waals surface area contributed by atoms with Gasteiger partial charge in [-0.05, 0) is 42.3 Å². The van der Waals surface area contributed by atoms with Crippen molar-refractivity contribution < 1.29 is 5.11 Å². The maximum atomic E-state index is 10.3. The summed E-state index contributed by atoms with van der Waals surface area (Å²) in [4.78, 5) is 0. The van der Waals surface area contributed by atoms with Gasteiger partial charge >= 0.3 is 0 Å². The summed E-state index contributed by atoms with van der Waals surface area (Å²) >= 11 is 0. The average Bonchev–Trinajstić information content (AvgIpc) is 2.98. The molecular weight excluding hydrogens is 278 g/mol. The fraction of sp³-hybridized carbons (Fsp3) is 0.562. The zero-order valence-electron chi connectivity index (χ0n) is 13.2. The van der Waals surface area contributed by atoms with Crippen LogP contribution in [0.25, 0.3) is 5.69 Å². The van der Waals surface area contributed by atoms with Gasteiger partial charge in [0.15, 0.2) is 0 Å². The highest BCUT2D eigenvalue weighted by atomic mass is 16.3. The molecule has 22 heavy (non-hydrogen) atoms. The van der Waals surface area contributed by atoms with E-state index in [1.807, 2.05) is 31.2 Å². The van der Waals surface area contributed by atoms with Crippen LogP contribution in [0.2, 0.25) is 0 Å². The van der Waals surface area contributed by atoms with Crippen molar-refractivity contribution in [2.75, 3.05) is 11.9 Å². The van der Waals surface area contributed by atoms with E-state index in [2.05, 4.69) is 27.8 Å². The predicted octanol–water partition coefficient (Wildman–Crippen LogP) is 2.32. The van der Waals surface area contributed by atoms with Gasteiger partial charge in [-0.2, -0.15) is 4.68 Å². The number of nitrogens with zero attached hydrogens (tertiary/aromatic N) is 4. The Balaban J connectivity index is 1.74. The number of aliphatic hydroxyl groups is 1. The van der Waals surface area contributed by atoms with Crippen LogP contribution in [-0.2, 0) is 0 Å². The summed E-state index contributed by atoms with van der Waals surface area (Å²) in [5.41, 5.74) is 2.00. The molecule has 0 aliphatic heterocycles. The quantitative estimate of drug-likeness (QED) is 0.906. The SMILES string of the molecule is Cc1ccc(-n2nnnc2NCC2(C)CCCCC2O)cc1. The molecule has 1 aliphatic carbocycles. The monoisotopic (exact) mass is 301 g/mol. The van der Waals surface area contributed by atoms with Crippen molar-refractivity contribution in [2.45, 2.75) is 45.6 Å². The van der Waals surface area contributed by atoms with Crippen molar-refractivity contribution in [3.05, 3.63) is 29.8 Å². The Morgan fingerprint density at radius 1 is 1.32 bits per heavy atom. The summed E-state index contributed by atoms with van der Waals surface area (Å²) in [5, 5.41) is 25.5. The van der Waals surface area contributed by atoms with Gasteiger partial charge in [0.05, 0.1) is 11.8 Å². The van der Waals surface area contributed by atoms with E-state index in [1.54, 1.807) is 4.68 Å². The van der Waals surface area contributed by atoms with Crippen LogP contribution in [0.1, 0.15) is 38.2 Å². The van der Waals surface area contributed by atoms with Gasteiger partial charge in [-0.3, -0.25) is 0 Å². The Labute approximate surface area is 130 Å². The van der Waals surface area contributed by atoms with Crippen molar-refractivity contribution >= 4 is 5.95 Å². The Kier molecular flexibility index (Phi) is 4.11. The molecule has 1 aliphatic rings. The zero-order valence-corrected chi connectivity index (χ0v) is 13.2.